The average Bonchev–Trinajstić information content (AvgIpc) is 2.51. The molecule has 4 heteroatoms. The van der Waals surface area contributed by atoms with E-state index < -0.39 is 18.0 Å². The van der Waals surface area contributed by atoms with Crippen LogP contribution >= 0.6 is 0 Å². The minimum Gasteiger partial charge on any atom is -0.496 e. The van der Waals surface area contributed by atoms with Crippen molar-refractivity contribution in [1.29, 1.82) is 0 Å². The van der Waals surface area contributed by atoms with E-state index in [-0.39, 0.29) is 5.92 Å². The van der Waals surface area contributed by atoms with E-state index in [1.165, 1.54) is 0 Å². The fourth-order valence-electron chi connectivity index (χ4n) is 2.51. The van der Waals surface area contributed by atoms with Crippen molar-refractivity contribution in [3.63, 3.8) is 0 Å². The SMILES string of the molecule is COc1ccc(C(O)C(C)C(C)C(=O)O)c2ccccc12. The van der Waals surface area contributed by atoms with Gasteiger partial charge in [-0.2, -0.15) is 0 Å². The number of carbonyl (C=O) groups is 1. The summed E-state index contributed by atoms with van der Waals surface area (Å²) in [5.74, 6) is -1.18. The second kappa shape index (κ2) is 6.14. The van der Waals surface area contributed by atoms with Crippen LogP contribution in [-0.2, 0) is 4.79 Å². The van der Waals surface area contributed by atoms with Gasteiger partial charge in [-0.05, 0) is 22.9 Å². The molecule has 3 unspecified atom stereocenters. The van der Waals surface area contributed by atoms with Crippen molar-refractivity contribution >= 4 is 16.7 Å². The molecule has 0 aliphatic rings. The molecule has 0 saturated heterocycles. The minimum atomic E-state index is -0.903. The van der Waals surface area contributed by atoms with Crippen LogP contribution in [0.3, 0.4) is 0 Å². The third-order valence-electron chi connectivity index (χ3n) is 4.13. The Morgan fingerprint density at radius 1 is 1.10 bits per heavy atom. The van der Waals surface area contributed by atoms with Crippen molar-refractivity contribution in [2.45, 2.75) is 20.0 Å². The number of aliphatic carboxylic acids is 1. The summed E-state index contributed by atoms with van der Waals surface area (Å²) in [6.45, 7) is 3.37. The smallest absolute Gasteiger partial charge is 0.306 e. The van der Waals surface area contributed by atoms with Crippen molar-refractivity contribution in [3.8, 4) is 5.75 Å². The van der Waals surface area contributed by atoms with E-state index >= 15 is 0 Å². The monoisotopic (exact) mass is 288 g/mol. The van der Waals surface area contributed by atoms with Crippen molar-refractivity contribution in [3.05, 3.63) is 42.0 Å². The first-order valence-electron chi connectivity index (χ1n) is 6.94. The molecule has 0 spiro atoms. The molecule has 2 aromatic carbocycles. The zero-order chi connectivity index (χ0) is 15.6. The van der Waals surface area contributed by atoms with Gasteiger partial charge in [-0.15, -0.1) is 0 Å². The highest BCUT2D eigenvalue weighted by Gasteiger charge is 2.28. The molecule has 0 radical (unpaired) electrons. The van der Waals surface area contributed by atoms with Gasteiger partial charge in [0.2, 0.25) is 0 Å². The number of carboxylic acids is 1. The van der Waals surface area contributed by atoms with Gasteiger partial charge in [-0.25, -0.2) is 0 Å². The first kappa shape index (κ1) is 15.3. The largest absolute Gasteiger partial charge is 0.496 e. The van der Waals surface area contributed by atoms with Crippen molar-refractivity contribution in [1.82, 2.24) is 0 Å². The minimum absolute atomic E-state index is 0.390. The van der Waals surface area contributed by atoms with Gasteiger partial charge in [0.1, 0.15) is 5.75 Å². The molecule has 2 N–H and O–H groups in total. The molecule has 0 aromatic heterocycles. The summed E-state index contributed by atoms with van der Waals surface area (Å²) in [5, 5.41) is 21.5. The van der Waals surface area contributed by atoms with Crippen LogP contribution in [0.15, 0.2) is 36.4 Å². The number of aliphatic hydroxyl groups excluding tert-OH is 1. The summed E-state index contributed by atoms with van der Waals surface area (Å²) in [4.78, 5) is 11.1. The van der Waals surface area contributed by atoms with Gasteiger partial charge in [0.05, 0.1) is 19.1 Å². The lowest BCUT2D eigenvalue weighted by Gasteiger charge is -2.24. The second-order valence-corrected chi connectivity index (χ2v) is 5.33. The second-order valence-electron chi connectivity index (χ2n) is 5.33. The molecule has 2 rings (SSSR count). The maximum absolute atomic E-state index is 11.1. The Kier molecular flexibility index (Phi) is 4.48. The molecule has 0 aliphatic heterocycles. The van der Waals surface area contributed by atoms with Crippen LogP contribution in [0.5, 0.6) is 5.75 Å². The normalized spacial score (nSPS) is 15.4. The maximum Gasteiger partial charge on any atom is 0.306 e. The Morgan fingerprint density at radius 2 is 1.71 bits per heavy atom. The summed E-state index contributed by atoms with van der Waals surface area (Å²) >= 11 is 0. The van der Waals surface area contributed by atoms with Crippen LogP contribution in [0.1, 0.15) is 25.5 Å². The summed E-state index contributed by atoms with van der Waals surface area (Å²) < 4.78 is 5.33. The number of aliphatic hydroxyl groups is 1. The fraction of sp³-hybridized carbons (Fsp3) is 0.353. The van der Waals surface area contributed by atoms with Crippen LogP contribution in [0.25, 0.3) is 10.8 Å². The Balaban J connectivity index is 2.49. The van der Waals surface area contributed by atoms with Gasteiger partial charge in [-0.3, -0.25) is 4.79 Å². The number of methoxy groups -OCH3 is 1. The van der Waals surface area contributed by atoms with Gasteiger partial charge < -0.3 is 14.9 Å². The fourth-order valence-corrected chi connectivity index (χ4v) is 2.51. The summed E-state index contributed by atoms with van der Waals surface area (Å²) in [6, 6.07) is 11.2. The Hall–Kier alpha value is -2.07. The number of fused-ring (bicyclic) bond motifs is 1. The number of benzene rings is 2. The van der Waals surface area contributed by atoms with Gasteiger partial charge in [0, 0.05) is 5.39 Å². The lowest BCUT2D eigenvalue weighted by Crippen LogP contribution is -2.24. The topological polar surface area (TPSA) is 66.8 Å². The first-order valence-corrected chi connectivity index (χ1v) is 6.94. The quantitative estimate of drug-likeness (QED) is 0.886. The first-order chi connectivity index (χ1) is 9.97. The summed E-state index contributed by atoms with van der Waals surface area (Å²) in [7, 11) is 1.60. The Bertz CT molecular complexity index is 650. The maximum atomic E-state index is 11.1. The number of ether oxygens (including phenoxy) is 1. The third-order valence-corrected chi connectivity index (χ3v) is 4.13. The predicted molar refractivity (Wildman–Crippen MR) is 81.4 cm³/mol. The molecule has 0 fully saturated rings. The van der Waals surface area contributed by atoms with Crippen LogP contribution in [0.4, 0.5) is 0 Å². The van der Waals surface area contributed by atoms with E-state index in [4.69, 9.17) is 9.84 Å². The van der Waals surface area contributed by atoms with E-state index in [9.17, 15) is 9.90 Å². The highest BCUT2D eigenvalue weighted by Crippen LogP contribution is 2.36. The molecule has 0 amide bonds. The molecular weight excluding hydrogens is 268 g/mol. The lowest BCUT2D eigenvalue weighted by atomic mass is 9.85. The van der Waals surface area contributed by atoms with Crippen molar-refractivity contribution < 1.29 is 19.7 Å². The molecule has 21 heavy (non-hydrogen) atoms. The van der Waals surface area contributed by atoms with Crippen molar-refractivity contribution in [2.24, 2.45) is 11.8 Å². The summed E-state index contributed by atoms with van der Waals surface area (Å²) in [5.41, 5.74) is 0.729. The molecule has 0 aliphatic carbocycles. The zero-order valence-electron chi connectivity index (χ0n) is 12.4. The number of carboxylic acid groups (broad SMARTS) is 1. The number of hydrogen-bond acceptors (Lipinski definition) is 3. The molecular formula is C17H20O4. The number of rotatable bonds is 5. The van der Waals surface area contributed by atoms with E-state index in [2.05, 4.69) is 0 Å². The molecule has 112 valence electrons. The molecule has 4 nitrogen and oxygen atoms in total. The average molecular weight is 288 g/mol. The highest BCUT2D eigenvalue weighted by molar-refractivity contribution is 5.91. The zero-order valence-corrected chi connectivity index (χ0v) is 12.4. The molecule has 0 bridgehead atoms. The van der Waals surface area contributed by atoms with Gasteiger partial charge in [0.15, 0.2) is 0 Å². The van der Waals surface area contributed by atoms with Crippen LogP contribution in [-0.4, -0.2) is 23.3 Å². The van der Waals surface area contributed by atoms with Gasteiger partial charge in [0.25, 0.3) is 0 Å². The number of hydrogen-bond donors (Lipinski definition) is 2. The van der Waals surface area contributed by atoms with E-state index in [1.54, 1.807) is 33.1 Å². The molecule has 0 saturated carbocycles. The van der Waals surface area contributed by atoms with Crippen LogP contribution in [0.2, 0.25) is 0 Å². The molecule has 0 heterocycles. The third kappa shape index (κ3) is 2.85. The van der Waals surface area contributed by atoms with E-state index in [1.807, 2.05) is 24.3 Å². The van der Waals surface area contributed by atoms with Gasteiger partial charge >= 0.3 is 5.97 Å². The van der Waals surface area contributed by atoms with E-state index in [0.717, 1.165) is 22.1 Å². The lowest BCUT2D eigenvalue weighted by molar-refractivity contribution is -0.144. The van der Waals surface area contributed by atoms with Crippen molar-refractivity contribution in [2.75, 3.05) is 7.11 Å². The predicted octanol–water partition coefficient (Wildman–Crippen LogP) is 3.24. The standard InChI is InChI=1S/C17H20O4/c1-10(11(2)17(19)20)16(18)14-8-9-15(21-3)13-7-5-4-6-12(13)14/h4-11,16,18H,1-3H3,(H,19,20). The Morgan fingerprint density at radius 3 is 2.29 bits per heavy atom. The Labute approximate surface area is 124 Å². The van der Waals surface area contributed by atoms with E-state index in [0.29, 0.717) is 0 Å². The van der Waals surface area contributed by atoms with Crippen LogP contribution in [0, 0.1) is 11.8 Å². The van der Waals surface area contributed by atoms with Crippen LogP contribution < -0.4 is 4.74 Å². The summed E-state index contributed by atoms with van der Waals surface area (Å²) in [6.07, 6.45) is -0.841. The molecule has 3 atom stereocenters. The highest BCUT2D eigenvalue weighted by atomic mass is 16.5. The molecule has 2 aromatic rings. The van der Waals surface area contributed by atoms with Gasteiger partial charge in [-0.1, -0.05) is 44.2 Å².